The Morgan fingerprint density at radius 1 is 1.27 bits per heavy atom. The molecule has 3 heteroatoms. The van der Waals surface area contributed by atoms with Crippen molar-refractivity contribution < 1.29 is 9.84 Å². The van der Waals surface area contributed by atoms with Crippen LogP contribution in [0.5, 0.6) is 5.75 Å². The molecule has 15 heavy (non-hydrogen) atoms. The summed E-state index contributed by atoms with van der Waals surface area (Å²) >= 11 is 0. The molecule has 1 saturated carbocycles. The van der Waals surface area contributed by atoms with Gasteiger partial charge < -0.3 is 15.2 Å². The van der Waals surface area contributed by atoms with Crippen molar-refractivity contribution in [3.8, 4) is 5.75 Å². The predicted octanol–water partition coefficient (Wildman–Crippen LogP) is 2.02. The fourth-order valence-electron chi connectivity index (χ4n) is 1.60. The number of nitrogens with one attached hydrogen (secondary N) is 1. The Kier molecular flexibility index (Phi) is 3.45. The molecule has 2 N–H and O–H groups in total. The first-order valence-electron chi connectivity index (χ1n) is 5.49. The number of hydrogen-bond donors (Lipinski definition) is 2. The molecule has 1 aromatic rings. The Hall–Kier alpha value is -1.22. The van der Waals surface area contributed by atoms with E-state index in [1.807, 2.05) is 24.3 Å². The zero-order valence-electron chi connectivity index (χ0n) is 8.78. The van der Waals surface area contributed by atoms with Gasteiger partial charge in [0.2, 0.25) is 0 Å². The van der Waals surface area contributed by atoms with Crippen LogP contribution in [0.15, 0.2) is 24.3 Å². The highest BCUT2D eigenvalue weighted by Crippen LogP contribution is 2.24. The number of rotatable bonds is 5. The van der Waals surface area contributed by atoms with Gasteiger partial charge in [0.1, 0.15) is 12.4 Å². The van der Waals surface area contributed by atoms with Crippen molar-refractivity contribution in [1.29, 1.82) is 0 Å². The fourth-order valence-corrected chi connectivity index (χ4v) is 1.60. The van der Waals surface area contributed by atoms with Gasteiger partial charge in [-0.2, -0.15) is 0 Å². The predicted molar refractivity (Wildman–Crippen MR) is 60.3 cm³/mol. The van der Waals surface area contributed by atoms with Crippen LogP contribution in [0.4, 0.5) is 5.69 Å². The first kappa shape index (κ1) is 10.3. The Labute approximate surface area is 90.1 Å². The van der Waals surface area contributed by atoms with Crippen molar-refractivity contribution in [1.82, 2.24) is 0 Å². The molecule has 0 unspecified atom stereocenters. The smallest absolute Gasteiger partial charge is 0.119 e. The lowest BCUT2D eigenvalue weighted by Crippen LogP contribution is -2.26. The number of ether oxygens (including phenoxy) is 1. The minimum absolute atomic E-state index is 0.0576. The van der Waals surface area contributed by atoms with Crippen molar-refractivity contribution in [3.05, 3.63) is 24.3 Å². The van der Waals surface area contributed by atoms with Crippen molar-refractivity contribution >= 4 is 5.69 Å². The van der Waals surface area contributed by atoms with Crippen LogP contribution < -0.4 is 10.1 Å². The van der Waals surface area contributed by atoms with Crippen LogP contribution in [0.25, 0.3) is 0 Å². The summed E-state index contributed by atoms with van der Waals surface area (Å²) in [6, 6.07) is 8.55. The molecule has 0 aromatic heterocycles. The Bertz CT molecular complexity index is 293. The van der Waals surface area contributed by atoms with Crippen LogP contribution >= 0.6 is 0 Å². The van der Waals surface area contributed by atoms with E-state index in [0.29, 0.717) is 12.6 Å². The van der Waals surface area contributed by atoms with Gasteiger partial charge in [0.15, 0.2) is 0 Å². The largest absolute Gasteiger partial charge is 0.491 e. The maximum absolute atomic E-state index is 8.60. The summed E-state index contributed by atoms with van der Waals surface area (Å²) in [7, 11) is 0. The number of hydrogen-bond acceptors (Lipinski definition) is 3. The van der Waals surface area contributed by atoms with E-state index in [-0.39, 0.29) is 6.61 Å². The zero-order valence-corrected chi connectivity index (χ0v) is 8.78. The lowest BCUT2D eigenvalue weighted by atomic mass is 9.93. The van der Waals surface area contributed by atoms with Gasteiger partial charge in [-0.05, 0) is 43.5 Å². The van der Waals surface area contributed by atoms with Gasteiger partial charge in [-0.3, -0.25) is 0 Å². The second-order valence-corrected chi connectivity index (χ2v) is 3.87. The van der Waals surface area contributed by atoms with E-state index in [2.05, 4.69) is 5.32 Å². The molecule has 0 heterocycles. The van der Waals surface area contributed by atoms with Crippen LogP contribution in [0, 0.1) is 0 Å². The molecule has 1 aliphatic rings. The molecule has 82 valence electrons. The van der Waals surface area contributed by atoms with Crippen LogP contribution in [-0.2, 0) is 0 Å². The first-order valence-corrected chi connectivity index (χ1v) is 5.49. The topological polar surface area (TPSA) is 41.5 Å². The molecule has 0 aliphatic heterocycles. The van der Waals surface area contributed by atoms with E-state index in [1.54, 1.807) is 0 Å². The van der Waals surface area contributed by atoms with Gasteiger partial charge >= 0.3 is 0 Å². The molecule has 0 atom stereocenters. The third-order valence-electron chi connectivity index (χ3n) is 2.69. The summed E-state index contributed by atoms with van der Waals surface area (Å²) in [5.41, 5.74) is 1.15. The van der Waals surface area contributed by atoms with E-state index in [4.69, 9.17) is 9.84 Å². The average Bonchev–Trinajstić information content (AvgIpc) is 2.22. The normalized spacial score (nSPS) is 15.8. The highest BCUT2D eigenvalue weighted by molar-refractivity contribution is 5.47. The van der Waals surface area contributed by atoms with Gasteiger partial charge in [0, 0.05) is 11.7 Å². The third kappa shape index (κ3) is 2.86. The van der Waals surface area contributed by atoms with Crippen LogP contribution in [0.3, 0.4) is 0 Å². The van der Waals surface area contributed by atoms with E-state index in [9.17, 15) is 0 Å². The van der Waals surface area contributed by atoms with Gasteiger partial charge in [0.05, 0.1) is 6.61 Å². The molecule has 1 aromatic carbocycles. The van der Waals surface area contributed by atoms with Gasteiger partial charge in [-0.25, -0.2) is 0 Å². The highest BCUT2D eigenvalue weighted by Gasteiger charge is 2.16. The minimum atomic E-state index is 0.0576. The molecule has 0 amide bonds. The molecule has 0 bridgehead atoms. The summed E-state index contributed by atoms with van der Waals surface area (Å²) in [5, 5.41) is 12.1. The summed E-state index contributed by atoms with van der Waals surface area (Å²) < 4.78 is 5.28. The van der Waals surface area contributed by atoms with Crippen LogP contribution in [-0.4, -0.2) is 24.4 Å². The van der Waals surface area contributed by atoms with Gasteiger partial charge in [-0.1, -0.05) is 0 Å². The number of anilines is 1. The van der Waals surface area contributed by atoms with Crippen molar-refractivity contribution in [2.75, 3.05) is 18.5 Å². The Morgan fingerprint density at radius 3 is 2.53 bits per heavy atom. The second-order valence-electron chi connectivity index (χ2n) is 3.87. The molecule has 0 spiro atoms. The first-order chi connectivity index (χ1) is 7.38. The van der Waals surface area contributed by atoms with Crippen molar-refractivity contribution in [2.24, 2.45) is 0 Å². The standard InChI is InChI=1S/C12H17NO2/c14-8-9-15-12-6-4-11(5-7-12)13-10-2-1-3-10/h4-7,10,13-14H,1-3,8-9H2. The van der Waals surface area contributed by atoms with Crippen molar-refractivity contribution in [2.45, 2.75) is 25.3 Å². The summed E-state index contributed by atoms with van der Waals surface area (Å²) in [6.07, 6.45) is 3.90. The number of benzene rings is 1. The third-order valence-corrected chi connectivity index (χ3v) is 2.69. The Morgan fingerprint density at radius 2 is 2.00 bits per heavy atom. The highest BCUT2D eigenvalue weighted by atomic mass is 16.5. The lowest BCUT2D eigenvalue weighted by molar-refractivity contribution is 0.201. The van der Waals surface area contributed by atoms with Crippen molar-refractivity contribution in [3.63, 3.8) is 0 Å². The molecule has 1 fully saturated rings. The maximum Gasteiger partial charge on any atom is 0.119 e. The van der Waals surface area contributed by atoms with E-state index < -0.39 is 0 Å². The number of aliphatic hydroxyl groups is 1. The molecule has 3 nitrogen and oxygen atoms in total. The van der Waals surface area contributed by atoms with E-state index in [1.165, 1.54) is 19.3 Å². The fraction of sp³-hybridized carbons (Fsp3) is 0.500. The lowest BCUT2D eigenvalue weighted by Gasteiger charge is -2.27. The minimum Gasteiger partial charge on any atom is -0.491 e. The number of aliphatic hydroxyl groups excluding tert-OH is 1. The summed E-state index contributed by atoms with van der Waals surface area (Å²) in [6.45, 7) is 0.414. The molecular formula is C12H17NO2. The quantitative estimate of drug-likeness (QED) is 0.776. The maximum atomic E-state index is 8.60. The SMILES string of the molecule is OCCOc1ccc(NC2CCC2)cc1. The average molecular weight is 207 g/mol. The molecule has 1 aliphatic carbocycles. The van der Waals surface area contributed by atoms with Gasteiger partial charge in [-0.15, -0.1) is 0 Å². The summed E-state index contributed by atoms with van der Waals surface area (Å²) in [4.78, 5) is 0. The molecule has 0 radical (unpaired) electrons. The second kappa shape index (κ2) is 5.03. The zero-order chi connectivity index (χ0) is 10.5. The molecule has 0 saturated heterocycles. The monoisotopic (exact) mass is 207 g/mol. The van der Waals surface area contributed by atoms with E-state index in [0.717, 1.165) is 11.4 Å². The van der Waals surface area contributed by atoms with E-state index >= 15 is 0 Å². The van der Waals surface area contributed by atoms with Crippen LogP contribution in [0.2, 0.25) is 0 Å². The van der Waals surface area contributed by atoms with Crippen LogP contribution in [0.1, 0.15) is 19.3 Å². The van der Waals surface area contributed by atoms with Gasteiger partial charge in [0.25, 0.3) is 0 Å². The molecule has 2 rings (SSSR count). The molecular weight excluding hydrogens is 190 g/mol. The summed E-state index contributed by atoms with van der Waals surface area (Å²) in [5.74, 6) is 0.809. The Balaban J connectivity index is 1.85.